The van der Waals surface area contributed by atoms with Crippen LogP contribution in [0.15, 0.2) is 34.7 Å². The van der Waals surface area contributed by atoms with Crippen molar-refractivity contribution in [1.82, 2.24) is 0 Å². The summed E-state index contributed by atoms with van der Waals surface area (Å²) in [6.45, 7) is 2.02. The van der Waals surface area contributed by atoms with Crippen LogP contribution in [0, 0.1) is 6.92 Å². The number of benzene rings is 1. The molecule has 0 aliphatic rings. The molecule has 100 valence electrons. The number of aryl methyl sites for hydroxylation is 1. The van der Waals surface area contributed by atoms with Gasteiger partial charge in [-0.1, -0.05) is 6.07 Å². The van der Waals surface area contributed by atoms with E-state index in [-0.39, 0.29) is 16.9 Å². The first-order chi connectivity index (χ1) is 8.97. The van der Waals surface area contributed by atoms with Crippen molar-refractivity contribution in [2.75, 3.05) is 24.3 Å². The van der Waals surface area contributed by atoms with E-state index < -0.39 is 0 Å². The molecule has 0 bridgehead atoms. The summed E-state index contributed by atoms with van der Waals surface area (Å²) >= 11 is 5.64. The van der Waals surface area contributed by atoms with Crippen molar-refractivity contribution < 1.29 is 9.21 Å². The molecule has 2 rings (SSSR count). The molecule has 2 aromatic rings. The van der Waals surface area contributed by atoms with Crippen molar-refractivity contribution >= 4 is 28.9 Å². The Morgan fingerprint density at radius 3 is 2.58 bits per heavy atom. The normalized spacial score (nSPS) is 10.3. The molecule has 1 aromatic carbocycles. The summed E-state index contributed by atoms with van der Waals surface area (Å²) in [4.78, 5) is 13.9. The molecule has 0 saturated heterocycles. The SMILES string of the molecule is Cc1ccc(NC(=O)c2ccc(Cl)o2)cc1N(C)C. The first-order valence-corrected chi connectivity index (χ1v) is 6.20. The third-order valence-electron chi connectivity index (χ3n) is 2.75. The number of amides is 1. The van der Waals surface area contributed by atoms with Gasteiger partial charge in [-0.15, -0.1) is 0 Å². The molecular weight excluding hydrogens is 264 g/mol. The Labute approximate surface area is 117 Å². The fourth-order valence-corrected chi connectivity index (χ4v) is 1.94. The predicted molar refractivity (Wildman–Crippen MR) is 77.2 cm³/mol. The average Bonchev–Trinajstić information content (AvgIpc) is 2.78. The number of halogens is 1. The van der Waals surface area contributed by atoms with Gasteiger partial charge in [-0.05, 0) is 48.4 Å². The fraction of sp³-hybridized carbons (Fsp3) is 0.214. The van der Waals surface area contributed by atoms with Crippen LogP contribution >= 0.6 is 11.6 Å². The zero-order valence-corrected chi connectivity index (χ0v) is 11.8. The summed E-state index contributed by atoms with van der Waals surface area (Å²) in [5.41, 5.74) is 2.91. The molecule has 0 radical (unpaired) electrons. The Morgan fingerprint density at radius 2 is 2.00 bits per heavy atom. The van der Waals surface area contributed by atoms with Crippen molar-refractivity contribution in [3.8, 4) is 0 Å². The Bertz CT molecular complexity index is 605. The molecule has 0 aliphatic carbocycles. The van der Waals surface area contributed by atoms with Crippen LogP contribution in [0.1, 0.15) is 16.1 Å². The number of nitrogens with zero attached hydrogens (tertiary/aromatic N) is 1. The molecule has 4 nitrogen and oxygen atoms in total. The van der Waals surface area contributed by atoms with Crippen molar-refractivity contribution in [1.29, 1.82) is 0 Å². The Morgan fingerprint density at radius 1 is 1.26 bits per heavy atom. The van der Waals surface area contributed by atoms with Crippen LogP contribution in [0.3, 0.4) is 0 Å². The van der Waals surface area contributed by atoms with Crippen molar-refractivity contribution in [2.24, 2.45) is 0 Å². The van der Waals surface area contributed by atoms with E-state index in [0.29, 0.717) is 5.69 Å². The van der Waals surface area contributed by atoms with Gasteiger partial charge >= 0.3 is 0 Å². The van der Waals surface area contributed by atoms with Gasteiger partial charge in [-0.25, -0.2) is 0 Å². The van der Waals surface area contributed by atoms with Crippen LogP contribution in [0.5, 0.6) is 0 Å². The van der Waals surface area contributed by atoms with E-state index in [1.165, 1.54) is 6.07 Å². The molecular formula is C14H15ClN2O2. The lowest BCUT2D eigenvalue weighted by Gasteiger charge is -2.17. The minimum atomic E-state index is -0.319. The summed E-state index contributed by atoms with van der Waals surface area (Å²) in [7, 11) is 3.92. The second kappa shape index (κ2) is 5.36. The van der Waals surface area contributed by atoms with Crippen LogP contribution < -0.4 is 10.2 Å². The van der Waals surface area contributed by atoms with E-state index in [1.54, 1.807) is 6.07 Å². The lowest BCUT2D eigenvalue weighted by Crippen LogP contribution is -2.13. The van der Waals surface area contributed by atoms with E-state index in [0.717, 1.165) is 11.3 Å². The second-order valence-electron chi connectivity index (χ2n) is 4.45. The molecule has 0 unspecified atom stereocenters. The van der Waals surface area contributed by atoms with Gasteiger partial charge in [0.2, 0.25) is 0 Å². The van der Waals surface area contributed by atoms with E-state index in [9.17, 15) is 4.79 Å². The van der Waals surface area contributed by atoms with Gasteiger partial charge in [0.25, 0.3) is 5.91 Å². The molecule has 1 heterocycles. The predicted octanol–water partition coefficient (Wildman–Crippen LogP) is 3.56. The zero-order chi connectivity index (χ0) is 14.0. The van der Waals surface area contributed by atoms with Crippen molar-refractivity contribution in [2.45, 2.75) is 6.92 Å². The molecule has 0 spiro atoms. The van der Waals surface area contributed by atoms with Gasteiger partial charge in [0.1, 0.15) is 0 Å². The topological polar surface area (TPSA) is 45.5 Å². The van der Waals surface area contributed by atoms with E-state index in [1.807, 2.05) is 44.1 Å². The molecule has 0 saturated carbocycles. The number of nitrogens with one attached hydrogen (secondary N) is 1. The monoisotopic (exact) mass is 278 g/mol. The minimum Gasteiger partial charge on any atom is -0.440 e. The number of hydrogen-bond acceptors (Lipinski definition) is 3. The molecule has 1 amide bonds. The third-order valence-corrected chi connectivity index (χ3v) is 2.95. The highest BCUT2D eigenvalue weighted by molar-refractivity contribution is 6.29. The molecule has 1 aromatic heterocycles. The molecule has 19 heavy (non-hydrogen) atoms. The summed E-state index contributed by atoms with van der Waals surface area (Å²) in [5, 5.41) is 2.97. The average molecular weight is 279 g/mol. The first-order valence-electron chi connectivity index (χ1n) is 5.82. The van der Waals surface area contributed by atoms with Gasteiger partial charge < -0.3 is 14.6 Å². The number of carbonyl (C=O) groups excluding carboxylic acids is 1. The maximum absolute atomic E-state index is 11.9. The van der Waals surface area contributed by atoms with Crippen LogP contribution in [-0.4, -0.2) is 20.0 Å². The van der Waals surface area contributed by atoms with Crippen LogP contribution in [0.4, 0.5) is 11.4 Å². The third kappa shape index (κ3) is 3.09. The van der Waals surface area contributed by atoms with E-state index >= 15 is 0 Å². The lowest BCUT2D eigenvalue weighted by molar-refractivity contribution is 0.0997. The first kappa shape index (κ1) is 13.5. The van der Waals surface area contributed by atoms with Crippen molar-refractivity contribution in [3.63, 3.8) is 0 Å². The quantitative estimate of drug-likeness (QED) is 0.934. The van der Waals surface area contributed by atoms with Crippen LogP contribution in [0.2, 0.25) is 5.22 Å². The maximum Gasteiger partial charge on any atom is 0.291 e. The minimum absolute atomic E-state index is 0.192. The standard InChI is InChI=1S/C14H15ClN2O2/c1-9-4-5-10(8-11(9)17(2)3)16-14(18)12-6-7-13(15)19-12/h4-8H,1-3H3,(H,16,18). The van der Waals surface area contributed by atoms with Gasteiger partial charge in [0.05, 0.1) is 0 Å². The molecule has 0 atom stereocenters. The molecule has 0 aliphatic heterocycles. The molecule has 0 fully saturated rings. The number of anilines is 2. The molecule has 1 N–H and O–H groups in total. The Balaban J connectivity index is 2.20. The Kier molecular flexibility index (Phi) is 3.81. The highest BCUT2D eigenvalue weighted by Crippen LogP contribution is 2.23. The number of carbonyl (C=O) groups is 1. The van der Waals surface area contributed by atoms with Crippen LogP contribution in [-0.2, 0) is 0 Å². The summed E-state index contributed by atoms with van der Waals surface area (Å²) in [5.74, 6) is -0.127. The van der Waals surface area contributed by atoms with Gasteiger partial charge in [-0.2, -0.15) is 0 Å². The largest absolute Gasteiger partial charge is 0.440 e. The second-order valence-corrected chi connectivity index (χ2v) is 4.83. The van der Waals surface area contributed by atoms with E-state index in [4.69, 9.17) is 16.0 Å². The van der Waals surface area contributed by atoms with Gasteiger partial charge in [0, 0.05) is 25.5 Å². The summed E-state index contributed by atoms with van der Waals surface area (Å²) in [6, 6.07) is 8.80. The fourth-order valence-electron chi connectivity index (χ4n) is 1.80. The number of rotatable bonds is 3. The summed E-state index contributed by atoms with van der Waals surface area (Å²) < 4.78 is 5.06. The van der Waals surface area contributed by atoms with Crippen LogP contribution in [0.25, 0.3) is 0 Å². The zero-order valence-electron chi connectivity index (χ0n) is 11.0. The maximum atomic E-state index is 11.9. The van der Waals surface area contributed by atoms with Gasteiger partial charge in [-0.3, -0.25) is 4.79 Å². The lowest BCUT2D eigenvalue weighted by atomic mass is 10.1. The highest BCUT2D eigenvalue weighted by Gasteiger charge is 2.11. The smallest absolute Gasteiger partial charge is 0.291 e. The van der Waals surface area contributed by atoms with Crippen molar-refractivity contribution in [3.05, 3.63) is 46.9 Å². The number of furan rings is 1. The number of hydrogen-bond donors (Lipinski definition) is 1. The Hall–Kier alpha value is -1.94. The molecule has 5 heteroatoms. The van der Waals surface area contributed by atoms with E-state index in [2.05, 4.69) is 5.32 Å². The summed E-state index contributed by atoms with van der Waals surface area (Å²) in [6.07, 6.45) is 0. The van der Waals surface area contributed by atoms with Gasteiger partial charge in [0.15, 0.2) is 11.0 Å². The highest BCUT2D eigenvalue weighted by atomic mass is 35.5.